The van der Waals surface area contributed by atoms with Crippen LogP contribution in [-0.4, -0.2) is 19.4 Å². The van der Waals surface area contributed by atoms with E-state index in [4.69, 9.17) is 11.6 Å². The summed E-state index contributed by atoms with van der Waals surface area (Å²) < 4.78 is 28.3. The number of nitrogens with zero attached hydrogens (tertiary/aromatic N) is 1. The lowest BCUT2D eigenvalue weighted by atomic mass is 10.2. The molecule has 0 aliphatic carbocycles. The van der Waals surface area contributed by atoms with Crippen LogP contribution in [0.5, 0.6) is 0 Å². The summed E-state index contributed by atoms with van der Waals surface area (Å²) in [5.74, 6) is 0. The number of carbonyl (C=O) groups excluding carboxylic acids is 1. The molecule has 0 aliphatic rings. The third kappa shape index (κ3) is 4.96. The van der Waals surface area contributed by atoms with Crippen LogP contribution >= 0.6 is 22.9 Å². The van der Waals surface area contributed by atoms with Crippen LogP contribution in [0.4, 0.5) is 21.3 Å². The Labute approximate surface area is 188 Å². The number of halogens is 1. The lowest BCUT2D eigenvalue weighted by molar-refractivity contribution is 0.262. The van der Waals surface area contributed by atoms with Crippen molar-refractivity contribution in [3.63, 3.8) is 0 Å². The highest BCUT2D eigenvalue weighted by Gasteiger charge is 2.16. The molecule has 1 heterocycles. The van der Waals surface area contributed by atoms with Gasteiger partial charge in [0, 0.05) is 16.4 Å². The van der Waals surface area contributed by atoms with E-state index < -0.39 is 16.1 Å². The molecule has 3 N–H and O–H groups in total. The normalized spacial score (nSPS) is 11.3. The van der Waals surface area contributed by atoms with Gasteiger partial charge in [0.2, 0.25) is 0 Å². The first-order valence-corrected chi connectivity index (χ1v) is 11.8. The standard InChI is InChI=1S/C21H17ClN4O3S2/c1-13-7-8-14(11-17(13)22)23-20(27)24-15-9-10-19-18(12-15)25-21(30-19)26-31(28,29)16-5-3-2-4-6-16/h2-12H,1H3,(H,25,26)(H2,23,24,27). The summed E-state index contributed by atoms with van der Waals surface area (Å²) in [4.78, 5) is 16.8. The summed E-state index contributed by atoms with van der Waals surface area (Å²) in [6, 6.07) is 18.1. The lowest BCUT2D eigenvalue weighted by Crippen LogP contribution is -2.19. The van der Waals surface area contributed by atoms with Gasteiger partial charge in [-0.25, -0.2) is 18.2 Å². The third-order valence-electron chi connectivity index (χ3n) is 4.35. The van der Waals surface area contributed by atoms with Gasteiger partial charge in [-0.05, 0) is 55.0 Å². The minimum atomic E-state index is -3.72. The molecule has 0 saturated heterocycles. The highest BCUT2D eigenvalue weighted by molar-refractivity contribution is 7.93. The van der Waals surface area contributed by atoms with Crippen LogP contribution in [-0.2, 0) is 10.0 Å². The Kier molecular flexibility index (Phi) is 5.81. The number of sulfonamides is 1. The Morgan fingerprint density at radius 3 is 2.35 bits per heavy atom. The second kappa shape index (κ2) is 8.54. The van der Waals surface area contributed by atoms with Crippen LogP contribution in [0.3, 0.4) is 0 Å². The molecular formula is C21H17ClN4O3S2. The second-order valence-corrected chi connectivity index (χ2v) is 9.78. The molecule has 1 aromatic heterocycles. The quantitative estimate of drug-likeness (QED) is 0.346. The van der Waals surface area contributed by atoms with Crippen LogP contribution in [0.2, 0.25) is 5.02 Å². The number of benzene rings is 3. The maximum Gasteiger partial charge on any atom is 0.323 e. The van der Waals surface area contributed by atoms with Crippen molar-refractivity contribution in [2.24, 2.45) is 0 Å². The third-order valence-corrected chi connectivity index (χ3v) is 7.19. The van der Waals surface area contributed by atoms with Crippen LogP contribution in [0.25, 0.3) is 10.2 Å². The van der Waals surface area contributed by atoms with Gasteiger partial charge in [-0.1, -0.05) is 47.2 Å². The van der Waals surface area contributed by atoms with Crippen LogP contribution < -0.4 is 15.4 Å². The van der Waals surface area contributed by atoms with E-state index in [1.165, 1.54) is 23.5 Å². The first kappa shape index (κ1) is 21.1. The van der Waals surface area contributed by atoms with Crippen molar-refractivity contribution in [2.45, 2.75) is 11.8 Å². The largest absolute Gasteiger partial charge is 0.323 e. The van der Waals surface area contributed by atoms with Gasteiger partial charge < -0.3 is 10.6 Å². The number of rotatable bonds is 5. The molecule has 0 bridgehead atoms. The van der Waals surface area contributed by atoms with Crippen LogP contribution in [0, 0.1) is 6.92 Å². The first-order chi connectivity index (χ1) is 14.8. The number of anilines is 3. The van der Waals surface area contributed by atoms with E-state index in [2.05, 4.69) is 20.3 Å². The van der Waals surface area contributed by atoms with Gasteiger partial charge in [0.15, 0.2) is 5.13 Å². The van der Waals surface area contributed by atoms with Gasteiger partial charge in [0.05, 0.1) is 15.1 Å². The zero-order valence-corrected chi connectivity index (χ0v) is 18.6. The summed E-state index contributed by atoms with van der Waals surface area (Å²) in [6.07, 6.45) is 0. The van der Waals surface area contributed by atoms with E-state index in [1.807, 2.05) is 13.0 Å². The van der Waals surface area contributed by atoms with Crippen molar-refractivity contribution >= 4 is 65.7 Å². The lowest BCUT2D eigenvalue weighted by Gasteiger charge is -2.08. The predicted molar refractivity (Wildman–Crippen MR) is 126 cm³/mol. The molecule has 2 amide bonds. The molecule has 0 atom stereocenters. The molecule has 0 saturated carbocycles. The topological polar surface area (TPSA) is 100 Å². The van der Waals surface area contributed by atoms with Gasteiger partial charge >= 0.3 is 6.03 Å². The smallest absolute Gasteiger partial charge is 0.308 e. The molecular weight excluding hydrogens is 456 g/mol. The van der Waals surface area contributed by atoms with E-state index in [0.717, 1.165) is 10.3 Å². The number of amides is 2. The van der Waals surface area contributed by atoms with Crippen molar-refractivity contribution in [1.82, 2.24) is 4.98 Å². The number of nitrogens with one attached hydrogen (secondary N) is 3. The number of carbonyl (C=O) groups is 1. The Balaban J connectivity index is 1.48. The highest BCUT2D eigenvalue weighted by atomic mass is 35.5. The molecule has 0 aliphatic heterocycles. The monoisotopic (exact) mass is 472 g/mol. The summed E-state index contributed by atoms with van der Waals surface area (Å²) in [5.41, 5.74) is 2.57. The number of aryl methyl sites for hydroxylation is 1. The molecule has 0 spiro atoms. The molecule has 3 aromatic carbocycles. The molecule has 4 aromatic rings. The Morgan fingerprint density at radius 1 is 0.968 bits per heavy atom. The van der Waals surface area contributed by atoms with Crippen molar-refractivity contribution < 1.29 is 13.2 Å². The molecule has 4 rings (SSSR count). The Hall–Kier alpha value is -3.14. The molecule has 0 fully saturated rings. The van der Waals surface area contributed by atoms with E-state index >= 15 is 0 Å². The van der Waals surface area contributed by atoms with E-state index in [-0.39, 0.29) is 10.0 Å². The fourth-order valence-electron chi connectivity index (χ4n) is 2.79. The van der Waals surface area contributed by atoms with E-state index in [9.17, 15) is 13.2 Å². The predicted octanol–water partition coefficient (Wildman–Crippen LogP) is 5.70. The number of hydrogen-bond donors (Lipinski definition) is 3. The van der Waals surface area contributed by atoms with Crippen molar-refractivity contribution in [3.05, 3.63) is 77.3 Å². The van der Waals surface area contributed by atoms with Crippen LogP contribution in [0.15, 0.2) is 71.6 Å². The SMILES string of the molecule is Cc1ccc(NC(=O)Nc2ccc3sc(NS(=O)(=O)c4ccccc4)nc3c2)cc1Cl. The highest BCUT2D eigenvalue weighted by Crippen LogP contribution is 2.30. The molecule has 158 valence electrons. The number of urea groups is 1. The maximum absolute atomic E-state index is 12.5. The first-order valence-electron chi connectivity index (χ1n) is 9.13. The minimum Gasteiger partial charge on any atom is -0.308 e. The molecule has 7 nitrogen and oxygen atoms in total. The number of aromatic nitrogens is 1. The van der Waals surface area contributed by atoms with Gasteiger partial charge in [0.1, 0.15) is 0 Å². The average molecular weight is 473 g/mol. The summed E-state index contributed by atoms with van der Waals surface area (Å²) in [5, 5.41) is 6.26. The molecule has 0 radical (unpaired) electrons. The fourth-order valence-corrected chi connectivity index (χ4v) is 5.07. The summed E-state index contributed by atoms with van der Waals surface area (Å²) in [7, 11) is -3.72. The molecule has 10 heteroatoms. The van der Waals surface area contributed by atoms with E-state index in [0.29, 0.717) is 21.9 Å². The summed E-state index contributed by atoms with van der Waals surface area (Å²) >= 11 is 7.29. The number of hydrogen-bond acceptors (Lipinski definition) is 5. The van der Waals surface area contributed by atoms with Gasteiger partial charge in [-0.2, -0.15) is 0 Å². The fraction of sp³-hybridized carbons (Fsp3) is 0.0476. The zero-order valence-electron chi connectivity index (χ0n) is 16.2. The van der Waals surface area contributed by atoms with Crippen molar-refractivity contribution in [2.75, 3.05) is 15.4 Å². The number of thiazole rings is 1. The Morgan fingerprint density at radius 2 is 1.65 bits per heavy atom. The van der Waals surface area contributed by atoms with E-state index in [1.54, 1.807) is 48.5 Å². The average Bonchev–Trinajstić information content (AvgIpc) is 3.12. The zero-order chi connectivity index (χ0) is 22.0. The second-order valence-electron chi connectivity index (χ2n) is 6.66. The number of fused-ring (bicyclic) bond motifs is 1. The van der Waals surface area contributed by atoms with Crippen molar-refractivity contribution in [1.29, 1.82) is 0 Å². The Bertz CT molecular complexity index is 1370. The van der Waals surface area contributed by atoms with Crippen LogP contribution in [0.1, 0.15) is 5.56 Å². The molecule has 0 unspecified atom stereocenters. The van der Waals surface area contributed by atoms with Gasteiger partial charge in [-0.15, -0.1) is 0 Å². The minimum absolute atomic E-state index is 0.157. The van der Waals surface area contributed by atoms with Gasteiger partial charge in [-0.3, -0.25) is 4.72 Å². The molecule has 31 heavy (non-hydrogen) atoms. The summed E-state index contributed by atoms with van der Waals surface area (Å²) in [6.45, 7) is 1.88. The maximum atomic E-state index is 12.5. The van der Waals surface area contributed by atoms with Gasteiger partial charge in [0.25, 0.3) is 10.0 Å². The van der Waals surface area contributed by atoms with Crippen molar-refractivity contribution in [3.8, 4) is 0 Å².